The minimum Gasteiger partial charge on any atom is -1.00 e. The number of hydrogen-bond acceptors (Lipinski definition) is 6. The molecule has 3 rings (SSSR count). The van der Waals surface area contributed by atoms with E-state index in [0.29, 0.717) is 11.4 Å². The van der Waals surface area contributed by atoms with Crippen LogP contribution in [-0.2, 0) is 15.9 Å². The average Bonchev–Trinajstić information content (AvgIpc) is 2.34. The number of hydrogen-bond donors (Lipinski definition) is 2. The third-order valence-corrected chi connectivity index (χ3v) is 4.28. The fourth-order valence-corrected chi connectivity index (χ4v) is 3.26. The van der Waals surface area contributed by atoms with Gasteiger partial charge in [-0.25, -0.2) is 9.97 Å². The van der Waals surface area contributed by atoms with E-state index < -0.39 is 15.9 Å². The minimum atomic E-state index is -4.03. The van der Waals surface area contributed by atoms with E-state index in [1.165, 1.54) is 11.8 Å². The van der Waals surface area contributed by atoms with Gasteiger partial charge in [-0.15, -0.1) is 0 Å². The summed E-state index contributed by atoms with van der Waals surface area (Å²) < 4.78 is 30.6. The van der Waals surface area contributed by atoms with Gasteiger partial charge >= 0.3 is 29.6 Å². The second-order valence-electron chi connectivity index (χ2n) is 3.99. The maximum atomic E-state index is 10.9. The molecule has 2 heterocycles. The fourth-order valence-electron chi connectivity index (χ4n) is 1.78. The summed E-state index contributed by atoms with van der Waals surface area (Å²) in [7, 11) is -4.03. The van der Waals surface area contributed by atoms with Gasteiger partial charge in [0.2, 0.25) is 0 Å². The van der Waals surface area contributed by atoms with E-state index >= 15 is 0 Å². The van der Waals surface area contributed by atoms with Crippen LogP contribution in [0.25, 0.3) is 0 Å². The van der Waals surface area contributed by atoms with E-state index in [4.69, 9.17) is 4.55 Å². The Hall–Kier alpha value is -0.640. The molecule has 2 aromatic rings. The van der Waals surface area contributed by atoms with Crippen LogP contribution in [0.15, 0.2) is 40.5 Å². The molecule has 0 spiro atoms. The number of benzene rings is 1. The van der Waals surface area contributed by atoms with Crippen LogP contribution in [0.3, 0.4) is 0 Å². The molecular formula is C11H10N3NaO3S2. The van der Waals surface area contributed by atoms with Crippen LogP contribution in [0.1, 0.15) is 6.99 Å². The Kier molecular flexibility index (Phi) is 4.73. The first-order chi connectivity index (χ1) is 9.01. The van der Waals surface area contributed by atoms with E-state index in [1.807, 2.05) is 0 Å². The van der Waals surface area contributed by atoms with Gasteiger partial charge in [-0.3, -0.25) is 4.55 Å². The van der Waals surface area contributed by atoms with E-state index in [2.05, 4.69) is 15.3 Å². The van der Waals surface area contributed by atoms with E-state index in [9.17, 15) is 8.42 Å². The summed E-state index contributed by atoms with van der Waals surface area (Å²) in [5.41, 5.74) is 1.28. The summed E-state index contributed by atoms with van der Waals surface area (Å²) in [6.07, 6.45) is 3.20. The number of fused-ring (bicyclic) bond motifs is 2. The number of nitrogens with one attached hydrogen (secondary N) is 1. The van der Waals surface area contributed by atoms with Gasteiger partial charge in [0, 0.05) is 17.3 Å². The third kappa shape index (κ3) is 3.51. The molecule has 1 aliphatic rings. The minimum absolute atomic E-state index is 0. The maximum absolute atomic E-state index is 10.9. The van der Waals surface area contributed by atoms with Crippen molar-refractivity contribution >= 4 is 33.4 Å². The molecule has 0 fully saturated rings. The van der Waals surface area contributed by atoms with E-state index in [0.717, 1.165) is 15.6 Å². The van der Waals surface area contributed by atoms with Crippen LogP contribution in [0, 0.1) is 0 Å². The Morgan fingerprint density at radius 1 is 1.30 bits per heavy atom. The van der Waals surface area contributed by atoms with Crippen LogP contribution >= 0.6 is 11.8 Å². The Balaban J connectivity index is 0.00000110. The first kappa shape index (κ1) is 15.7. The summed E-state index contributed by atoms with van der Waals surface area (Å²) in [5, 5.41) is 3.87. The maximum Gasteiger partial charge on any atom is 1.00 e. The standard InChI is InChI=1S/C11H9N3O3S2.Na.H/c15-19(16,17)6-7-1-2-9-8(5-7)14-10-11(18-9)13-4-3-12-10;;/h1-5H,6H2,(H,12,14)(H,15,16,17);;/q;+1;-1. The first-order valence-corrected chi connectivity index (χ1v) is 7.78. The Bertz CT molecular complexity index is 758. The molecule has 0 aliphatic carbocycles. The number of nitrogens with zero attached hydrogens (tertiary/aromatic N) is 2. The van der Waals surface area contributed by atoms with Crippen molar-refractivity contribution in [3.8, 4) is 0 Å². The molecule has 0 bridgehead atoms. The van der Waals surface area contributed by atoms with Gasteiger partial charge in [0.1, 0.15) is 10.8 Å². The molecule has 0 radical (unpaired) electrons. The van der Waals surface area contributed by atoms with Crippen LogP contribution in [0.4, 0.5) is 11.5 Å². The van der Waals surface area contributed by atoms with Crippen molar-refractivity contribution in [2.75, 3.05) is 5.32 Å². The molecule has 100 valence electrons. The molecule has 2 N–H and O–H groups in total. The normalized spacial score (nSPS) is 12.7. The van der Waals surface area contributed by atoms with E-state index in [1.54, 1.807) is 30.6 Å². The van der Waals surface area contributed by atoms with Crippen molar-refractivity contribution in [2.45, 2.75) is 15.7 Å². The molecule has 0 saturated heterocycles. The molecule has 0 atom stereocenters. The second kappa shape index (κ2) is 6.00. The van der Waals surface area contributed by atoms with Gasteiger partial charge in [0.25, 0.3) is 10.1 Å². The Morgan fingerprint density at radius 3 is 2.80 bits per heavy atom. The number of aromatic nitrogens is 2. The summed E-state index contributed by atoms with van der Waals surface area (Å²) in [6.45, 7) is 0. The summed E-state index contributed by atoms with van der Waals surface area (Å²) in [5.74, 6) is 0.240. The van der Waals surface area contributed by atoms with Crippen molar-refractivity contribution < 1.29 is 44.0 Å². The van der Waals surface area contributed by atoms with E-state index in [-0.39, 0.29) is 31.0 Å². The molecule has 1 aliphatic heterocycles. The fraction of sp³-hybridized carbons (Fsp3) is 0.0909. The SMILES string of the molecule is O=S(=O)(O)Cc1ccc2c(c1)Nc1nccnc1S2.[H-].[Na+]. The zero-order chi connectivity index (χ0) is 13.5. The zero-order valence-electron chi connectivity index (χ0n) is 11.6. The molecule has 6 nitrogen and oxygen atoms in total. The van der Waals surface area contributed by atoms with Crippen LogP contribution in [0.5, 0.6) is 0 Å². The topological polar surface area (TPSA) is 92.2 Å². The largest absolute Gasteiger partial charge is 1.00 e. The number of rotatable bonds is 2. The molecule has 1 aromatic heterocycles. The molecule has 0 amide bonds. The van der Waals surface area contributed by atoms with Gasteiger partial charge in [-0.05, 0) is 17.7 Å². The zero-order valence-corrected chi connectivity index (χ0v) is 14.2. The van der Waals surface area contributed by atoms with Gasteiger partial charge in [0.05, 0.1) is 5.69 Å². The van der Waals surface area contributed by atoms with Gasteiger partial charge in [-0.1, -0.05) is 17.8 Å². The van der Waals surface area contributed by atoms with Crippen molar-refractivity contribution in [3.05, 3.63) is 36.2 Å². The third-order valence-electron chi connectivity index (χ3n) is 2.52. The molecule has 0 saturated carbocycles. The molecule has 20 heavy (non-hydrogen) atoms. The van der Waals surface area contributed by atoms with Crippen molar-refractivity contribution in [1.82, 2.24) is 9.97 Å². The second-order valence-corrected chi connectivity index (χ2v) is 6.48. The molecular weight excluding hydrogens is 309 g/mol. The summed E-state index contributed by atoms with van der Waals surface area (Å²) >= 11 is 1.46. The average molecular weight is 319 g/mol. The number of anilines is 2. The summed E-state index contributed by atoms with van der Waals surface area (Å²) in [4.78, 5) is 9.30. The van der Waals surface area contributed by atoms with Gasteiger partial charge in [-0.2, -0.15) is 8.42 Å². The predicted molar refractivity (Wildman–Crippen MR) is 72.2 cm³/mol. The van der Waals surface area contributed by atoms with Crippen molar-refractivity contribution in [1.29, 1.82) is 0 Å². The molecule has 9 heteroatoms. The van der Waals surface area contributed by atoms with Crippen molar-refractivity contribution in [3.63, 3.8) is 0 Å². The quantitative estimate of drug-likeness (QED) is 0.471. The van der Waals surface area contributed by atoms with Crippen LogP contribution < -0.4 is 34.9 Å². The van der Waals surface area contributed by atoms with Crippen molar-refractivity contribution in [2.24, 2.45) is 0 Å². The summed E-state index contributed by atoms with van der Waals surface area (Å²) in [6, 6.07) is 5.15. The van der Waals surface area contributed by atoms with Crippen LogP contribution in [-0.4, -0.2) is 22.9 Å². The Morgan fingerprint density at radius 2 is 2.05 bits per heavy atom. The van der Waals surface area contributed by atoms with Gasteiger partial charge < -0.3 is 6.74 Å². The molecule has 1 aromatic carbocycles. The van der Waals surface area contributed by atoms with Crippen LogP contribution in [0.2, 0.25) is 0 Å². The Labute approximate surface area is 143 Å². The monoisotopic (exact) mass is 319 g/mol. The predicted octanol–water partition coefficient (Wildman–Crippen LogP) is -0.811. The molecule has 0 unspecified atom stereocenters. The van der Waals surface area contributed by atoms with Gasteiger partial charge in [0.15, 0.2) is 5.82 Å². The smallest absolute Gasteiger partial charge is 1.00 e. The first-order valence-electron chi connectivity index (χ1n) is 5.35.